The van der Waals surface area contributed by atoms with Crippen molar-refractivity contribution in [2.24, 2.45) is 0 Å². The molecule has 2 aromatic carbocycles. The molecule has 1 saturated carbocycles. The third kappa shape index (κ3) is 4.62. The zero-order chi connectivity index (χ0) is 18.7. The number of benzene rings is 2. The van der Waals surface area contributed by atoms with Crippen molar-refractivity contribution in [2.75, 3.05) is 5.32 Å². The van der Waals surface area contributed by atoms with Crippen LogP contribution < -0.4 is 14.8 Å². The number of hydrogen-bond donors (Lipinski definition) is 2. The molecule has 0 saturated heterocycles. The summed E-state index contributed by atoms with van der Waals surface area (Å²) in [4.78, 5) is 12.7. The van der Waals surface area contributed by atoms with E-state index in [2.05, 4.69) is 10.0 Å². The number of ether oxygens (including phenoxy) is 1. The molecule has 1 aliphatic carbocycles. The van der Waals surface area contributed by atoms with Gasteiger partial charge in [-0.3, -0.25) is 4.79 Å². The van der Waals surface area contributed by atoms with Gasteiger partial charge in [-0.05, 0) is 57.0 Å². The molecule has 0 aliphatic heterocycles. The fourth-order valence-corrected chi connectivity index (χ4v) is 3.76. The average molecular weight is 374 g/mol. The minimum Gasteiger partial charge on any atom is -0.489 e. The molecule has 0 atom stereocenters. The molecule has 1 amide bonds. The SMILES string of the molecule is CC(C)Oc1ccccc1NC(=O)c1cccc(S(=O)(=O)NC2CC2)c1. The van der Waals surface area contributed by atoms with E-state index in [1.54, 1.807) is 30.3 Å². The van der Waals surface area contributed by atoms with Crippen LogP contribution in [0.25, 0.3) is 0 Å². The third-order valence-electron chi connectivity index (χ3n) is 3.80. The molecule has 7 heteroatoms. The number of para-hydroxylation sites is 2. The Morgan fingerprint density at radius 3 is 2.54 bits per heavy atom. The van der Waals surface area contributed by atoms with E-state index in [0.29, 0.717) is 11.4 Å². The number of amides is 1. The minimum atomic E-state index is -3.60. The van der Waals surface area contributed by atoms with E-state index >= 15 is 0 Å². The Kier molecular flexibility index (Phi) is 5.29. The van der Waals surface area contributed by atoms with Crippen LogP contribution in [0.3, 0.4) is 0 Å². The second-order valence-electron chi connectivity index (χ2n) is 6.54. The van der Waals surface area contributed by atoms with E-state index in [1.807, 2.05) is 19.9 Å². The van der Waals surface area contributed by atoms with Crippen LogP contribution in [0.4, 0.5) is 5.69 Å². The van der Waals surface area contributed by atoms with Crippen molar-refractivity contribution in [1.29, 1.82) is 0 Å². The molecular weight excluding hydrogens is 352 g/mol. The number of hydrogen-bond acceptors (Lipinski definition) is 4. The molecule has 1 fully saturated rings. The van der Waals surface area contributed by atoms with Gasteiger partial charge in [-0.25, -0.2) is 13.1 Å². The molecule has 0 aromatic heterocycles. The number of sulfonamides is 1. The van der Waals surface area contributed by atoms with Crippen molar-refractivity contribution in [3.63, 3.8) is 0 Å². The van der Waals surface area contributed by atoms with Crippen LogP contribution in [0.5, 0.6) is 5.75 Å². The first kappa shape index (κ1) is 18.4. The van der Waals surface area contributed by atoms with Crippen molar-refractivity contribution < 1.29 is 17.9 Å². The maximum atomic E-state index is 12.6. The van der Waals surface area contributed by atoms with Crippen LogP contribution >= 0.6 is 0 Å². The number of anilines is 1. The van der Waals surface area contributed by atoms with Gasteiger partial charge in [0.2, 0.25) is 10.0 Å². The van der Waals surface area contributed by atoms with E-state index in [0.717, 1.165) is 12.8 Å². The normalized spacial score (nSPS) is 14.3. The fraction of sp³-hybridized carbons (Fsp3) is 0.316. The lowest BCUT2D eigenvalue weighted by molar-refractivity contribution is 0.102. The Bertz CT molecular complexity index is 905. The molecule has 138 valence electrons. The van der Waals surface area contributed by atoms with Crippen LogP contribution in [-0.2, 0) is 10.0 Å². The quantitative estimate of drug-likeness (QED) is 0.780. The highest BCUT2D eigenvalue weighted by Crippen LogP contribution is 2.26. The minimum absolute atomic E-state index is 0.0116. The van der Waals surface area contributed by atoms with Gasteiger partial charge >= 0.3 is 0 Å². The highest BCUT2D eigenvalue weighted by molar-refractivity contribution is 7.89. The van der Waals surface area contributed by atoms with Crippen molar-refractivity contribution in [3.05, 3.63) is 54.1 Å². The molecule has 1 aliphatic rings. The first-order valence-electron chi connectivity index (χ1n) is 8.54. The first-order valence-corrected chi connectivity index (χ1v) is 10.0. The van der Waals surface area contributed by atoms with Gasteiger partial charge in [0.15, 0.2) is 0 Å². The van der Waals surface area contributed by atoms with Crippen molar-refractivity contribution >= 4 is 21.6 Å². The predicted octanol–water partition coefficient (Wildman–Crippen LogP) is 3.17. The lowest BCUT2D eigenvalue weighted by Crippen LogP contribution is -2.26. The van der Waals surface area contributed by atoms with Crippen molar-refractivity contribution in [2.45, 2.75) is 43.7 Å². The van der Waals surface area contributed by atoms with Gasteiger partial charge in [-0.2, -0.15) is 0 Å². The highest BCUT2D eigenvalue weighted by atomic mass is 32.2. The Morgan fingerprint density at radius 2 is 1.85 bits per heavy atom. The maximum Gasteiger partial charge on any atom is 0.255 e. The van der Waals surface area contributed by atoms with Gasteiger partial charge in [0, 0.05) is 11.6 Å². The lowest BCUT2D eigenvalue weighted by atomic mass is 10.2. The lowest BCUT2D eigenvalue weighted by Gasteiger charge is -2.15. The molecule has 2 N–H and O–H groups in total. The number of nitrogens with one attached hydrogen (secondary N) is 2. The Hall–Kier alpha value is -2.38. The second-order valence-corrected chi connectivity index (χ2v) is 8.25. The molecule has 0 unspecified atom stereocenters. The summed E-state index contributed by atoms with van der Waals surface area (Å²) in [6, 6.07) is 13.2. The van der Waals surface area contributed by atoms with Crippen molar-refractivity contribution in [1.82, 2.24) is 4.72 Å². The topological polar surface area (TPSA) is 84.5 Å². The Balaban J connectivity index is 1.80. The summed E-state index contributed by atoms with van der Waals surface area (Å²) >= 11 is 0. The zero-order valence-corrected chi connectivity index (χ0v) is 15.5. The molecular formula is C19H22N2O4S. The predicted molar refractivity (Wildman–Crippen MR) is 99.9 cm³/mol. The summed E-state index contributed by atoms with van der Waals surface area (Å²) in [5.74, 6) is 0.170. The van der Waals surface area contributed by atoms with Crippen LogP contribution in [0.15, 0.2) is 53.4 Å². The van der Waals surface area contributed by atoms with Crippen LogP contribution in [-0.4, -0.2) is 26.5 Å². The number of carbonyl (C=O) groups is 1. The highest BCUT2D eigenvalue weighted by Gasteiger charge is 2.28. The standard InChI is InChI=1S/C19H22N2O4S/c1-13(2)25-18-9-4-3-8-17(18)20-19(22)14-6-5-7-16(12-14)26(23,24)21-15-10-11-15/h3-9,12-13,15,21H,10-11H2,1-2H3,(H,20,22). The van der Waals surface area contributed by atoms with E-state index < -0.39 is 15.9 Å². The number of carbonyl (C=O) groups excluding carboxylic acids is 1. The zero-order valence-electron chi connectivity index (χ0n) is 14.7. The van der Waals surface area contributed by atoms with E-state index in [4.69, 9.17) is 4.74 Å². The maximum absolute atomic E-state index is 12.6. The van der Waals surface area contributed by atoms with Gasteiger partial charge in [0.05, 0.1) is 16.7 Å². The molecule has 0 bridgehead atoms. The largest absolute Gasteiger partial charge is 0.489 e. The molecule has 3 rings (SSSR count). The van der Waals surface area contributed by atoms with Gasteiger partial charge in [0.25, 0.3) is 5.91 Å². The van der Waals surface area contributed by atoms with Gasteiger partial charge in [-0.15, -0.1) is 0 Å². The number of rotatable bonds is 7. The Morgan fingerprint density at radius 1 is 1.12 bits per heavy atom. The molecule has 2 aromatic rings. The van der Waals surface area contributed by atoms with Crippen LogP contribution in [0, 0.1) is 0 Å². The second kappa shape index (κ2) is 7.47. The molecule has 26 heavy (non-hydrogen) atoms. The smallest absolute Gasteiger partial charge is 0.255 e. The van der Waals surface area contributed by atoms with Crippen LogP contribution in [0.2, 0.25) is 0 Å². The third-order valence-corrected chi connectivity index (χ3v) is 5.32. The summed E-state index contributed by atoms with van der Waals surface area (Å²) in [5, 5.41) is 2.78. The summed E-state index contributed by atoms with van der Waals surface area (Å²) < 4.78 is 33.0. The monoisotopic (exact) mass is 374 g/mol. The van der Waals surface area contributed by atoms with Crippen molar-refractivity contribution in [3.8, 4) is 5.75 Å². The van der Waals surface area contributed by atoms with E-state index in [9.17, 15) is 13.2 Å². The van der Waals surface area contributed by atoms with Crippen LogP contribution in [0.1, 0.15) is 37.0 Å². The van der Waals surface area contributed by atoms with Gasteiger partial charge in [-0.1, -0.05) is 18.2 Å². The average Bonchev–Trinajstić information content (AvgIpc) is 3.39. The summed E-state index contributed by atoms with van der Waals surface area (Å²) in [7, 11) is -3.60. The molecule has 0 heterocycles. The van der Waals surface area contributed by atoms with E-state index in [-0.39, 0.29) is 22.6 Å². The van der Waals surface area contributed by atoms with E-state index in [1.165, 1.54) is 12.1 Å². The molecule has 0 spiro atoms. The van der Waals surface area contributed by atoms with Gasteiger partial charge in [0.1, 0.15) is 5.75 Å². The van der Waals surface area contributed by atoms with Gasteiger partial charge < -0.3 is 10.1 Å². The summed E-state index contributed by atoms with van der Waals surface area (Å²) in [6.07, 6.45) is 1.67. The Labute approximate surface area is 153 Å². The molecule has 0 radical (unpaired) electrons. The summed E-state index contributed by atoms with van der Waals surface area (Å²) in [6.45, 7) is 3.81. The first-order chi connectivity index (χ1) is 12.3. The summed E-state index contributed by atoms with van der Waals surface area (Å²) in [5.41, 5.74) is 0.804. The fourth-order valence-electron chi connectivity index (χ4n) is 2.41. The molecule has 6 nitrogen and oxygen atoms in total.